The second-order valence-electron chi connectivity index (χ2n) is 20.1. The van der Waals surface area contributed by atoms with Crippen molar-refractivity contribution in [1.29, 1.82) is 0 Å². The van der Waals surface area contributed by atoms with Gasteiger partial charge in [-0.05, 0) is 67.5 Å². The zero-order valence-electron chi connectivity index (χ0n) is 39.3. The smallest absolute Gasteiger partial charge is 0.279 e. The van der Waals surface area contributed by atoms with E-state index < -0.39 is 51.1 Å². The van der Waals surface area contributed by atoms with Crippen molar-refractivity contribution in [1.82, 2.24) is 17.8 Å². The molecule has 350 valence electrons. The van der Waals surface area contributed by atoms with E-state index in [-0.39, 0.29) is 60.0 Å². The van der Waals surface area contributed by atoms with Gasteiger partial charge in [0.1, 0.15) is 23.7 Å². The topological polar surface area (TPSA) is 174 Å². The number of fused-ring (bicyclic) bond motifs is 2. The van der Waals surface area contributed by atoms with Crippen molar-refractivity contribution in [3.8, 4) is 17.0 Å². The highest BCUT2D eigenvalue weighted by Gasteiger charge is 2.39. The SMILES string of the molecule is CC(CN(CCn1sc2c(-c3nc4c(OCOCC[Si](C)(C)C)cccc4n(COCC[Si](C)(C)C)c3=O)cccc2c1=O)S(=O)(=O)c1ccc([N+](=O)[O-])cc1)O[Si](C)(C)C(C)(C)C. The van der Waals surface area contributed by atoms with E-state index in [9.17, 15) is 28.1 Å². The number of non-ortho nitro benzene ring substituents is 1. The first-order chi connectivity index (χ1) is 29.7. The summed E-state index contributed by atoms with van der Waals surface area (Å²) in [7, 11) is -9.27. The van der Waals surface area contributed by atoms with Crippen LogP contribution in [0.25, 0.3) is 32.4 Å². The number of hydrogen-bond acceptors (Lipinski definition) is 12. The van der Waals surface area contributed by atoms with Gasteiger partial charge in [-0.25, -0.2) is 13.4 Å². The number of benzene rings is 3. The molecule has 1 unspecified atom stereocenters. The van der Waals surface area contributed by atoms with E-state index in [1.807, 2.05) is 6.92 Å². The Hall–Kier alpha value is -3.87. The number of nitro benzene ring substituents is 1. The zero-order chi connectivity index (χ0) is 47.4. The standard InChI is InChI=1S/C44H65N5O10S2Si3/c1-32(59-64(11,12)44(2,3)4)29-46(61(54,55)34-21-19-33(20-22-34)49(52)53)23-24-48-42(50)36-16-13-15-35(41(36)60-48)39-43(51)47(30-56-25-27-62(5,6)7)37-17-14-18-38(40(37)45-39)58-31-57-26-28-63(8,9)10/h13-22,32H,23-31H2,1-12H3. The van der Waals surface area contributed by atoms with Crippen LogP contribution >= 0.6 is 11.5 Å². The van der Waals surface area contributed by atoms with Crippen molar-refractivity contribution >= 4 is 72.8 Å². The van der Waals surface area contributed by atoms with E-state index in [1.54, 1.807) is 41.0 Å². The van der Waals surface area contributed by atoms with Crippen LogP contribution in [0, 0.1) is 10.1 Å². The first kappa shape index (κ1) is 51.1. The number of sulfonamides is 1. The summed E-state index contributed by atoms with van der Waals surface area (Å²) in [5, 5.41) is 11.6. The molecule has 1 atom stereocenters. The molecule has 0 amide bonds. The second-order valence-corrected chi connectivity index (χ2v) is 39.1. The molecule has 0 bridgehead atoms. The molecular formula is C44H65N5O10S2Si3. The summed E-state index contributed by atoms with van der Waals surface area (Å²) in [4.78, 5) is 44.3. The molecule has 0 fully saturated rings. The predicted octanol–water partition coefficient (Wildman–Crippen LogP) is 9.45. The van der Waals surface area contributed by atoms with Gasteiger partial charge in [-0.1, -0.05) is 89.8 Å². The molecule has 20 heteroatoms. The zero-order valence-corrected chi connectivity index (χ0v) is 44.0. The van der Waals surface area contributed by atoms with Gasteiger partial charge in [-0.3, -0.25) is 28.2 Å². The average molecular weight is 972 g/mol. The van der Waals surface area contributed by atoms with E-state index in [1.165, 1.54) is 20.4 Å². The lowest BCUT2D eigenvalue weighted by molar-refractivity contribution is -0.384. The molecule has 5 rings (SSSR count). The van der Waals surface area contributed by atoms with E-state index >= 15 is 0 Å². The van der Waals surface area contributed by atoms with Crippen LogP contribution in [0.5, 0.6) is 5.75 Å². The fraction of sp³-hybridized carbons (Fsp3) is 0.523. The van der Waals surface area contributed by atoms with E-state index in [2.05, 4.69) is 73.1 Å². The first-order valence-corrected chi connectivity index (χ1v) is 34.1. The Labute approximate surface area is 383 Å². The van der Waals surface area contributed by atoms with Gasteiger partial charge in [0.05, 0.1) is 38.1 Å². The molecule has 5 aromatic rings. The van der Waals surface area contributed by atoms with Gasteiger partial charge in [0.15, 0.2) is 15.1 Å². The maximum atomic E-state index is 14.6. The molecule has 15 nitrogen and oxygen atoms in total. The van der Waals surface area contributed by atoms with Gasteiger partial charge < -0.3 is 18.6 Å². The van der Waals surface area contributed by atoms with E-state index in [4.69, 9.17) is 23.6 Å². The summed E-state index contributed by atoms with van der Waals surface area (Å²) in [5.41, 5.74) is 0.519. The number of ether oxygens (including phenoxy) is 3. The third-order valence-electron chi connectivity index (χ3n) is 11.4. The molecule has 0 aliphatic rings. The highest BCUT2D eigenvalue weighted by atomic mass is 32.2. The van der Waals surface area contributed by atoms with Crippen molar-refractivity contribution in [2.24, 2.45) is 0 Å². The number of nitrogens with zero attached hydrogens (tertiary/aromatic N) is 5. The Morgan fingerprint density at radius 3 is 2.11 bits per heavy atom. The van der Waals surface area contributed by atoms with Crippen LogP contribution < -0.4 is 15.9 Å². The molecular weight excluding hydrogens is 907 g/mol. The molecule has 0 saturated carbocycles. The monoisotopic (exact) mass is 971 g/mol. The minimum Gasteiger partial charge on any atom is -0.465 e. The van der Waals surface area contributed by atoms with Gasteiger partial charge in [-0.2, -0.15) is 4.31 Å². The van der Waals surface area contributed by atoms with Gasteiger partial charge in [-0.15, -0.1) is 0 Å². The Morgan fingerprint density at radius 1 is 0.875 bits per heavy atom. The predicted molar refractivity (Wildman–Crippen MR) is 264 cm³/mol. The molecule has 0 aliphatic carbocycles. The highest BCUT2D eigenvalue weighted by Crippen LogP contribution is 2.38. The Kier molecular flexibility index (Phi) is 16.2. The van der Waals surface area contributed by atoms with Crippen LogP contribution in [0.4, 0.5) is 5.69 Å². The summed E-state index contributed by atoms with van der Waals surface area (Å²) in [6.07, 6.45) is -0.509. The molecule has 0 spiro atoms. The van der Waals surface area contributed by atoms with Crippen LogP contribution in [0.3, 0.4) is 0 Å². The lowest BCUT2D eigenvalue weighted by Gasteiger charge is -2.39. The molecule has 0 N–H and O–H groups in total. The minimum atomic E-state index is -4.21. The van der Waals surface area contributed by atoms with Crippen molar-refractivity contribution in [2.75, 3.05) is 33.1 Å². The van der Waals surface area contributed by atoms with Gasteiger partial charge in [0.2, 0.25) is 10.0 Å². The largest absolute Gasteiger partial charge is 0.465 e. The van der Waals surface area contributed by atoms with Crippen LogP contribution in [0.15, 0.2) is 75.1 Å². The lowest BCUT2D eigenvalue weighted by Crippen LogP contribution is -2.47. The molecule has 64 heavy (non-hydrogen) atoms. The van der Waals surface area contributed by atoms with E-state index in [0.29, 0.717) is 45.6 Å². The van der Waals surface area contributed by atoms with Crippen molar-refractivity contribution in [3.05, 3.63) is 91.5 Å². The Balaban J connectivity index is 1.54. The Bertz CT molecular complexity index is 2670. The third-order valence-corrected chi connectivity index (χ3v) is 22.5. The molecule has 0 saturated heterocycles. The van der Waals surface area contributed by atoms with Crippen molar-refractivity contribution in [2.45, 2.75) is 121 Å². The number of nitro groups is 1. The number of hydrogen-bond donors (Lipinski definition) is 0. The number of para-hydroxylation sites is 1. The maximum absolute atomic E-state index is 14.6. The quantitative estimate of drug-likeness (QED) is 0.0212. The van der Waals surface area contributed by atoms with Gasteiger partial charge >= 0.3 is 0 Å². The van der Waals surface area contributed by atoms with Gasteiger partial charge in [0.25, 0.3) is 16.8 Å². The summed E-state index contributed by atoms with van der Waals surface area (Å²) < 4.78 is 58.1. The number of aromatic nitrogens is 3. The highest BCUT2D eigenvalue weighted by molar-refractivity contribution is 7.89. The minimum absolute atomic E-state index is 0.00458. The van der Waals surface area contributed by atoms with Gasteiger partial charge in [0, 0.05) is 60.1 Å². The van der Waals surface area contributed by atoms with Crippen LogP contribution in [0.1, 0.15) is 27.7 Å². The van der Waals surface area contributed by atoms with E-state index in [0.717, 1.165) is 35.8 Å². The third kappa shape index (κ3) is 12.7. The van der Waals surface area contributed by atoms with Crippen LogP contribution in [-0.2, 0) is 37.2 Å². The van der Waals surface area contributed by atoms with Crippen molar-refractivity contribution in [3.63, 3.8) is 0 Å². The second kappa shape index (κ2) is 20.3. The van der Waals surface area contributed by atoms with Crippen molar-refractivity contribution < 1.29 is 32.0 Å². The fourth-order valence-corrected chi connectivity index (χ4v) is 12.1. The van der Waals surface area contributed by atoms with Crippen LogP contribution in [0.2, 0.25) is 69.5 Å². The first-order valence-electron chi connectivity index (χ1n) is 21.6. The molecule has 2 aromatic heterocycles. The normalized spacial score (nSPS) is 13.6. The summed E-state index contributed by atoms with van der Waals surface area (Å²) >= 11 is 1.12. The summed E-state index contributed by atoms with van der Waals surface area (Å²) in [6, 6.07) is 17.2. The summed E-state index contributed by atoms with van der Waals surface area (Å²) in [6.45, 7) is 26.8. The number of rotatable bonds is 22. The maximum Gasteiger partial charge on any atom is 0.279 e. The lowest BCUT2D eigenvalue weighted by atomic mass is 10.1. The van der Waals surface area contributed by atoms with Crippen LogP contribution in [-0.4, -0.2) is 94.8 Å². The average Bonchev–Trinajstić information content (AvgIpc) is 3.51. The molecule has 0 aliphatic heterocycles. The molecule has 3 aromatic carbocycles. The fourth-order valence-electron chi connectivity index (χ4n) is 6.56. The molecule has 2 heterocycles. The molecule has 0 radical (unpaired) electrons. The Morgan fingerprint density at radius 2 is 1.50 bits per heavy atom. The summed E-state index contributed by atoms with van der Waals surface area (Å²) in [5.74, 6) is 0.432.